The third-order valence-electron chi connectivity index (χ3n) is 5.82. The SMILES string of the molecule is CN(C)c1cc(Cl)nc(SCc2ccc(C(=O)N3CCN(C/C=C/c4ccccc4)CC3)cc2)n1. The van der Waals surface area contributed by atoms with Gasteiger partial charge in [0.25, 0.3) is 5.91 Å². The van der Waals surface area contributed by atoms with Crippen molar-refractivity contribution >= 4 is 41.2 Å². The van der Waals surface area contributed by atoms with E-state index in [1.54, 1.807) is 6.07 Å². The minimum absolute atomic E-state index is 0.0949. The maximum absolute atomic E-state index is 13.0. The standard InChI is InChI=1S/C27H30ClN5OS/c1-31(2)25-19-24(28)29-27(30-25)35-20-22-10-12-23(13-11-22)26(34)33-17-15-32(16-18-33)14-6-9-21-7-4-3-5-8-21/h3-13,19H,14-18,20H2,1-2H3/b9-6+. The van der Waals surface area contributed by atoms with Gasteiger partial charge in [-0.25, -0.2) is 9.97 Å². The largest absolute Gasteiger partial charge is 0.363 e. The fraction of sp³-hybridized carbons (Fsp3) is 0.296. The Morgan fingerprint density at radius 3 is 2.43 bits per heavy atom. The van der Waals surface area contributed by atoms with Gasteiger partial charge >= 0.3 is 0 Å². The molecule has 0 unspecified atom stereocenters. The summed E-state index contributed by atoms with van der Waals surface area (Å²) in [6, 6.07) is 19.9. The van der Waals surface area contributed by atoms with E-state index < -0.39 is 0 Å². The Morgan fingerprint density at radius 2 is 1.74 bits per heavy atom. The van der Waals surface area contributed by atoms with Gasteiger partial charge < -0.3 is 9.80 Å². The number of hydrogen-bond acceptors (Lipinski definition) is 6. The van der Waals surface area contributed by atoms with Gasteiger partial charge in [-0.15, -0.1) is 0 Å². The summed E-state index contributed by atoms with van der Waals surface area (Å²) in [5.41, 5.74) is 3.04. The van der Waals surface area contributed by atoms with Crippen LogP contribution in [0.2, 0.25) is 5.15 Å². The third-order valence-corrected chi connectivity index (χ3v) is 6.93. The van der Waals surface area contributed by atoms with E-state index in [0.717, 1.165) is 49.7 Å². The molecule has 1 aliphatic rings. The third kappa shape index (κ3) is 7.31. The van der Waals surface area contributed by atoms with Gasteiger partial charge in [0, 0.05) is 64.2 Å². The highest BCUT2D eigenvalue weighted by molar-refractivity contribution is 7.98. The molecule has 0 aliphatic carbocycles. The first-order valence-corrected chi connectivity index (χ1v) is 13.0. The average Bonchev–Trinajstić information content (AvgIpc) is 2.88. The molecule has 0 atom stereocenters. The Hall–Kier alpha value is -2.87. The first-order valence-electron chi connectivity index (χ1n) is 11.6. The van der Waals surface area contributed by atoms with Gasteiger partial charge in [0.05, 0.1) is 0 Å². The van der Waals surface area contributed by atoms with E-state index >= 15 is 0 Å². The molecule has 1 saturated heterocycles. The zero-order chi connectivity index (χ0) is 24.6. The monoisotopic (exact) mass is 507 g/mol. The Bertz CT molecular complexity index is 1150. The minimum Gasteiger partial charge on any atom is -0.363 e. The molecule has 0 saturated carbocycles. The van der Waals surface area contributed by atoms with E-state index in [2.05, 4.69) is 39.2 Å². The van der Waals surface area contributed by atoms with Crippen LogP contribution in [-0.4, -0.2) is 72.5 Å². The normalized spacial score (nSPS) is 14.4. The van der Waals surface area contributed by atoms with Crippen LogP contribution < -0.4 is 4.90 Å². The lowest BCUT2D eigenvalue weighted by atomic mass is 10.1. The Balaban J connectivity index is 1.25. The highest BCUT2D eigenvalue weighted by Crippen LogP contribution is 2.24. The highest BCUT2D eigenvalue weighted by atomic mass is 35.5. The smallest absolute Gasteiger partial charge is 0.253 e. The molecule has 1 aromatic heterocycles. The molecular weight excluding hydrogens is 478 g/mol. The zero-order valence-corrected chi connectivity index (χ0v) is 21.7. The number of benzene rings is 2. The van der Waals surface area contributed by atoms with E-state index in [1.807, 2.05) is 66.4 Å². The maximum Gasteiger partial charge on any atom is 0.253 e. The molecule has 0 spiro atoms. The second kappa shape index (κ2) is 12.2. The average molecular weight is 508 g/mol. The maximum atomic E-state index is 13.0. The molecule has 3 aromatic rings. The fourth-order valence-electron chi connectivity index (χ4n) is 3.79. The summed E-state index contributed by atoms with van der Waals surface area (Å²) in [7, 11) is 3.84. The second-order valence-corrected chi connectivity index (χ2v) is 9.95. The van der Waals surface area contributed by atoms with Crippen LogP contribution in [0.15, 0.2) is 71.9 Å². The summed E-state index contributed by atoms with van der Waals surface area (Å²) in [5.74, 6) is 1.58. The van der Waals surface area contributed by atoms with Crippen molar-refractivity contribution in [3.8, 4) is 0 Å². The van der Waals surface area contributed by atoms with Crippen molar-refractivity contribution in [1.29, 1.82) is 0 Å². The van der Waals surface area contributed by atoms with Gasteiger partial charge in [0.1, 0.15) is 11.0 Å². The lowest BCUT2D eigenvalue weighted by molar-refractivity contribution is 0.0650. The molecule has 2 heterocycles. The summed E-state index contributed by atoms with van der Waals surface area (Å²) < 4.78 is 0. The predicted molar refractivity (Wildman–Crippen MR) is 145 cm³/mol. The number of carbonyl (C=O) groups excluding carboxylic acids is 1. The van der Waals surface area contributed by atoms with Gasteiger partial charge in [-0.2, -0.15) is 0 Å². The summed E-state index contributed by atoms with van der Waals surface area (Å²) >= 11 is 7.65. The van der Waals surface area contributed by atoms with Crippen LogP contribution in [0.4, 0.5) is 5.82 Å². The van der Waals surface area contributed by atoms with E-state index in [4.69, 9.17) is 11.6 Å². The second-order valence-electron chi connectivity index (χ2n) is 8.62. The molecule has 1 fully saturated rings. The first-order chi connectivity index (χ1) is 17.0. The molecule has 1 aliphatic heterocycles. The van der Waals surface area contributed by atoms with Crippen molar-refractivity contribution in [2.75, 3.05) is 51.7 Å². The van der Waals surface area contributed by atoms with Crippen LogP contribution in [0.3, 0.4) is 0 Å². The van der Waals surface area contributed by atoms with Gasteiger partial charge in [0.15, 0.2) is 5.16 Å². The lowest BCUT2D eigenvalue weighted by Crippen LogP contribution is -2.48. The van der Waals surface area contributed by atoms with Gasteiger partial charge in [-0.3, -0.25) is 9.69 Å². The number of thioether (sulfide) groups is 1. The quantitative estimate of drug-likeness (QED) is 0.244. The summed E-state index contributed by atoms with van der Waals surface area (Å²) in [5, 5.41) is 1.07. The number of rotatable bonds is 8. The molecule has 8 heteroatoms. The van der Waals surface area contributed by atoms with Gasteiger partial charge in [0.2, 0.25) is 0 Å². The van der Waals surface area contributed by atoms with Gasteiger partial charge in [-0.05, 0) is 23.3 Å². The van der Waals surface area contributed by atoms with E-state index in [1.165, 1.54) is 17.3 Å². The molecule has 4 rings (SSSR count). The van der Waals surface area contributed by atoms with E-state index in [-0.39, 0.29) is 5.91 Å². The van der Waals surface area contributed by atoms with Crippen molar-refractivity contribution < 1.29 is 4.79 Å². The van der Waals surface area contributed by atoms with Crippen molar-refractivity contribution in [2.45, 2.75) is 10.9 Å². The number of hydrogen-bond donors (Lipinski definition) is 0. The van der Waals surface area contributed by atoms with E-state index in [0.29, 0.717) is 16.1 Å². The first kappa shape index (κ1) is 25.2. The number of nitrogens with zero attached hydrogens (tertiary/aromatic N) is 5. The van der Waals surface area contributed by atoms with Gasteiger partial charge in [-0.1, -0.05) is 78.0 Å². The zero-order valence-electron chi connectivity index (χ0n) is 20.1. The number of amides is 1. The number of carbonyl (C=O) groups is 1. The predicted octanol–water partition coefficient (Wildman–Crippen LogP) is 4.96. The summed E-state index contributed by atoms with van der Waals surface area (Å²) in [6.45, 7) is 4.16. The van der Waals surface area contributed by atoms with Crippen LogP contribution >= 0.6 is 23.4 Å². The Morgan fingerprint density at radius 1 is 1.03 bits per heavy atom. The van der Waals surface area contributed by atoms with Crippen LogP contribution in [0.5, 0.6) is 0 Å². The van der Waals surface area contributed by atoms with E-state index in [9.17, 15) is 4.79 Å². The number of anilines is 1. The molecule has 6 nitrogen and oxygen atoms in total. The number of piperazine rings is 1. The fourth-order valence-corrected chi connectivity index (χ4v) is 4.83. The molecule has 0 radical (unpaired) electrons. The molecule has 0 bridgehead atoms. The number of halogens is 1. The molecule has 0 N–H and O–H groups in total. The van der Waals surface area contributed by atoms with Crippen molar-refractivity contribution in [1.82, 2.24) is 19.8 Å². The topological polar surface area (TPSA) is 52.6 Å². The molecule has 2 aromatic carbocycles. The summed E-state index contributed by atoms with van der Waals surface area (Å²) in [6.07, 6.45) is 4.34. The van der Waals surface area contributed by atoms with Crippen molar-refractivity contribution in [3.05, 3.63) is 88.6 Å². The van der Waals surface area contributed by atoms with Crippen LogP contribution in [-0.2, 0) is 5.75 Å². The van der Waals surface area contributed by atoms with Crippen LogP contribution in [0, 0.1) is 0 Å². The van der Waals surface area contributed by atoms with Crippen molar-refractivity contribution in [2.24, 2.45) is 0 Å². The minimum atomic E-state index is 0.0949. The lowest BCUT2D eigenvalue weighted by Gasteiger charge is -2.34. The Kier molecular flexibility index (Phi) is 8.79. The highest BCUT2D eigenvalue weighted by Gasteiger charge is 2.21. The molecular formula is C27H30ClN5OS. The molecule has 1 amide bonds. The Labute approximate surface area is 216 Å². The summed E-state index contributed by atoms with van der Waals surface area (Å²) in [4.78, 5) is 28.0. The number of aromatic nitrogens is 2. The van der Waals surface area contributed by atoms with Crippen LogP contribution in [0.1, 0.15) is 21.5 Å². The molecule has 35 heavy (non-hydrogen) atoms. The van der Waals surface area contributed by atoms with Crippen LogP contribution in [0.25, 0.3) is 6.08 Å². The van der Waals surface area contributed by atoms with Crippen molar-refractivity contribution in [3.63, 3.8) is 0 Å². The molecule has 182 valence electrons.